The van der Waals surface area contributed by atoms with Gasteiger partial charge in [-0.1, -0.05) is 31.2 Å². The van der Waals surface area contributed by atoms with Crippen LogP contribution in [0.25, 0.3) is 0 Å². The molecule has 2 rings (SSSR count). The van der Waals surface area contributed by atoms with Gasteiger partial charge in [-0.15, -0.1) is 0 Å². The minimum absolute atomic E-state index is 0.363. The normalized spacial score (nSPS) is 21.1. The fraction of sp³-hybridized carbons (Fsp3) is 0.600. The lowest BCUT2D eigenvalue weighted by atomic mass is 10.1. The summed E-state index contributed by atoms with van der Waals surface area (Å²) in [5.74, 6) is 0.500. The van der Waals surface area contributed by atoms with Crippen molar-refractivity contribution in [1.29, 1.82) is 0 Å². The zero-order valence-electron chi connectivity index (χ0n) is 11.0. The molecule has 0 saturated carbocycles. The standard InChI is InChI=1S/C15H22O3/c1-2-12-3-5-14(6-4-12)15(16)11-18-10-13-7-8-17-9-13/h3-6,13,15-16H,2,7-11H2,1H3. The maximum Gasteiger partial charge on any atom is 0.102 e. The third kappa shape index (κ3) is 3.80. The summed E-state index contributed by atoms with van der Waals surface area (Å²) in [6.07, 6.45) is 1.56. The van der Waals surface area contributed by atoms with Crippen LogP contribution in [0.15, 0.2) is 24.3 Å². The fourth-order valence-corrected chi connectivity index (χ4v) is 2.13. The van der Waals surface area contributed by atoms with Gasteiger partial charge in [0, 0.05) is 12.5 Å². The van der Waals surface area contributed by atoms with Crippen LogP contribution in [0.5, 0.6) is 0 Å². The third-order valence-corrected chi connectivity index (χ3v) is 3.43. The monoisotopic (exact) mass is 250 g/mol. The van der Waals surface area contributed by atoms with Gasteiger partial charge in [-0.25, -0.2) is 0 Å². The molecular weight excluding hydrogens is 228 g/mol. The first kappa shape index (κ1) is 13.5. The molecule has 0 spiro atoms. The van der Waals surface area contributed by atoms with E-state index in [1.54, 1.807) is 0 Å². The summed E-state index contributed by atoms with van der Waals surface area (Å²) in [6, 6.07) is 8.07. The Morgan fingerprint density at radius 2 is 2.17 bits per heavy atom. The first-order chi connectivity index (χ1) is 8.79. The van der Waals surface area contributed by atoms with E-state index in [0.717, 1.165) is 31.6 Å². The van der Waals surface area contributed by atoms with Gasteiger partial charge in [-0.2, -0.15) is 0 Å². The van der Waals surface area contributed by atoms with Crippen LogP contribution in [0.4, 0.5) is 0 Å². The molecule has 100 valence electrons. The molecule has 3 nitrogen and oxygen atoms in total. The van der Waals surface area contributed by atoms with Crippen molar-refractivity contribution in [2.75, 3.05) is 26.4 Å². The maximum absolute atomic E-state index is 10.0. The molecule has 0 amide bonds. The average molecular weight is 250 g/mol. The SMILES string of the molecule is CCc1ccc(C(O)COCC2CCOC2)cc1. The van der Waals surface area contributed by atoms with E-state index < -0.39 is 6.10 Å². The van der Waals surface area contributed by atoms with Crippen molar-refractivity contribution in [2.24, 2.45) is 5.92 Å². The van der Waals surface area contributed by atoms with E-state index in [1.165, 1.54) is 5.56 Å². The summed E-state index contributed by atoms with van der Waals surface area (Å²) in [4.78, 5) is 0. The molecule has 0 radical (unpaired) electrons. The summed E-state index contributed by atoms with van der Waals surface area (Å²) < 4.78 is 10.8. The first-order valence-corrected chi connectivity index (χ1v) is 6.72. The minimum atomic E-state index is -0.529. The minimum Gasteiger partial charge on any atom is -0.386 e. The number of aliphatic hydroxyl groups is 1. The number of aliphatic hydroxyl groups excluding tert-OH is 1. The Labute approximate surface area is 109 Å². The van der Waals surface area contributed by atoms with Crippen LogP contribution in [-0.2, 0) is 15.9 Å². The van der Waals surface area contributed by atoms with E-state index in [4.69, 9.17) is 9.47 Å². The molecule has 1 fully saturated rings. The molecule has 18 heavy (non-hydrogen) atoms. The van der Waals surface area contributed by atoms with Crippen molar-refractivity contribution in [1.82, 2.24) is 0 Å². The molecule has 1 N–H and O–H groups in total. The molecule has 1 aromatic rings. The Morgan fingerprint density at radius 1 is 1.39 bits per heavy atom. The van der Waals surface area contributed by atoms with E-state index in [1.807, 2.05) is 12.1 Å². The molecule has 1 aromatic carbocycles. The van der Waals surface area contributed by atoms with E-state index in [-0.39, 0.29) is 0 Å². The molecule has 1 aliphatic heterocycles. The molecular formula is C15H22O3. The molecule has 1 aliphatic rings. The zero-order valence-corrected chi connectivity index (χ0v) is 11.0. The molecule has 1 saturated heterocycles. The lowest BCUT2D eigenvalue weighted by Gasteiger charge is -2.14. The maximum atomic E-state index is 10.0. The number of rotatable bonds is 6. The van der Waals surface area contributed by atoms with Gasteiger partial charge < -0.3 is 14.6 Å². The summed E-state index contributed by atoms with van der Waals surface area (Å²) >= 11 is 0. The van der Waals surface area contributed by atoms with Crippen molar-refractivity contribution in [3.05, 3.63) is 35.4 Å². The van der Waals surface area contributed by atoms with E-state index in [9.17, 15) is 5.11 Å². The quantitative estimate of drug-likeness (QED) is 0.842. The molecule has 2 unspecified atom stereocenters. The Balaban J connectivity index is 1.74. The third-order valence-electron chi connectivity index (χ3n) is 3.43. The van der Waals surface area contributed by atoms with Gasteiger partial charge in [-0.05, 0) is 24.0 Å². The Morgan fingerprint density at radius 3 is 2.78 bits per heavy atom. The smallest absolute Gasteiger partial charge is 0.102 e. The van der Waals surface area contributed by atoms with Crippen LogP contribution >= 0.6 is 0 Å². The van der Waals surface area contributed by atoms with E-state index >= 15 is 0 Å². The first-order valence-electron chi connectivity index (χ1n) is 6.72. The second kappa shape index (κ2) is 6.88. The molecule has 1 heterocycles. The summed E-state index contributed by atoms with van der Waals surface area (Å²) in [7, 11) is 0. The van der Waals surface area contributed by atoms with Crippen molar-refractivity contribution in [3.63, 3.8) is 0 Å². The van der Waals surface area contributed by atoms with Crippen LogP contribution in [0, 0.1) is 5.92 Å². The van der Waals surface area contributed by atoms with Crippen molar-refractivity contribution < 1.29 is 14.6 Å². The van der Waals surface area contributed by atoms with E-state index in [2.05, 4.69) is 19.1 Å². The zero-order chi connectivity index (χ0) is 12.8. The highest BCUT2D eigenvalue weighted by molar-refractivity contribution is 5.24. The van der Waals surface area contributed by atoms with Crippen LogP contribution in [0.1, 0.15) is 30.6 Å². The van der Waals surface area contributed by atoms with Crippen molar-refractivity contribution >= 4 is 0 Å². The van der Waals surface area contributed by atoms with E-state index in [0.29, 0.717) is 19.1 Å². The Bertz CT molecular complexity index is 341. The lowest BCUT2D eigenvalue weighted by molar-refractivity contribution is 0.0185. The second-order valence-electron chi connectivity index (χ2n) is 4.88. The number of benzene rings is 1. The lowest BCUT2D eigenvalue weighted by Crippen LogP contribution is -2.14. The molecule has 2 atom stereocenters. The Hall–Kier alpha value is -0.900. The second-order valence-corrected chi connectivity index (χ2v) is 4.88. The van der Waals surface area contributed by atoms with Gasteiger partial charge in [0.05, 0.1) is 19.8 Å². The highest BCUT2D eigenvalue weighted by Gasteiger charge is 2.16. The van der Waals surface area contributed by atoms with Crippen LogP contribution in [0.2, 0.25) is 0 Å². The summed E-state index contributed by atoms with van der Waals surface area (Å²) in [6.45, 7) is 4.81. The average Bonchev–Trinajstić information content (AvgIpc) is 2.92. The van der Waals surface area contributed by atoms with Crippen molar-refractivity contribution in [2.45, 2.75) is 25.9 Å². The van der Waals surface area contributed by atoms with Crippen LogP contribution in [0.3, 0.4) is 0 Å². The number of hydrogen-bond acceptors (Lipinski definition) is 3. The summed E-state index contributed by atoms with van der Waals surface area (Å²) in [5.41, 5.74) is 2.21. The van der Waals surface area contributed by atoms with Gasteiger partial charge in [0.2, 0.25) is 0 Å². The highest BCUT2D eigenvalue weighted by atomic mass is 16.5. The van der Waals surface area contributed by atoms with Gasteiger partial charge >= 0.3 is 0 Å². The van der Waals surface area contributed by atoms with Crippen molar-refractivity contribution in [3.8, 4) is 0 Å². The number of aryl methyl sites for hydroxylation is 1. The number of hydrogen-bond donors (Lipinski definition) is 1. The largest absolute Gasteiger partial charge is 0.386 e. The predicted molar refractivity (Wildman–Crippen MR) is 70.5 cm³/mol. The predicted octanol–water partition coefficient (Wildman–Crippen LogP) is 2.34. The van der Waals surface area contributed by atoms with Gasteiger partial charge in [0.25, 0.3) is 0 Å². The molecule has 0 bridgehead atoms. The number of ether oxygens (including phenoxy) is 2. The van der Waals surface area contributed by atoms with Crippen LogP contribution in [-0.4, -0.2) is 31.5 Å². The highest BCUT2D eigenvalue weighted by Crippen LogP contribution is 2.17. The summed E-state index contributed by atoms with van der Waals surface area (Å²) in [5, 5.41) is 10.0. The van der Waals surface area contributed by atoms with Gasteiger partial charge in [0.1, 0.15) is 6.10 Å². The fourth-order valence-electron chi connectivity index (χ4n) is 2.13. The van der Waals surface area contributed by atoms with Crippen LogP contribution < -0.4 is 0 Å². The molecule has 3 heteroatoms. The Kier molecular flexibility index (Phi) is 5.17. The van der Waals surface area contributed by atoms with Gasteiger partial charge in [0.15, 0.2) is 0 Å². The van der Waals surface area contributed by atoms with Gasteiger partial charge in [-0.3, -0.25) is 0 Å². The topological polar surface area (TPSA) is 38.7 Å². The molecule has 0 aromatic heterocycles. The molecule has 0 aliphatic carbocycles.